The molecule has 0 unspecified atom stereocenters. The van der Waals surface area contributed by atoms with Gasteiger partial charge in [-0.2, -0.15) is 0 Å². The minimum absolute atomic E-state index is 0.00621. The van der Waals surface area contributed by atoms with Gasteiger partial charge in [0.05, 0.1) is 35.2 Å². The number of hydrogen-bond acceptors (Lipinski definition) is 5. The Labute approximate surface area is 154 Å². The highest BCUT2D eigenvalue weighted by Gasteiger charge is 2.39. The van der Waals surface area contributed by atoms with E-state index in [2.05, 4.69) is 0 Å². The van der Waals surface area contributed by atoms with Crippen LogP contribution in [0.25, 0.3) is 0 Å². The molecule has 0 spiro atoms. The maximum Gasteiger partial charge on any atom is 0.264 e. The fraction of sp³-hybridized carbons (Fsp3) is 0.333. The van der Waals surface area contributed by atoms with E-state index in [1.54, 1.807) is 48.5 Å². The van der Waals surface area contributed by atoms with Crippen molar-refractivity contribution in [2.24, 2.45) is 0 Å². The van der Waals surface area contributed by atoms with Crippen LogP contribution in [-0.2, 0) is 19.9 Å². The molecule has 26 heavy (non-hydrogen) atoms. The van der Waals surface area contributed by atoms with Crippen molar-refractivity contribution < 1.29 is 21.6 Å². The Balaban J connectivity index is 2.08. The van der Waals surface area contributed by atoms with Crippen LogP contribution in [0.2, 0.25) is 0 Å². The lowest BCUT2D eigenvalue weighted by Gasteiger charge is -2.29. The normalized spacial score (nSPS) is 19.2. The second-order valence-electron chi connectivity index (χ2n) is 6.37. The molecule has 140 valence electrons. The summed E-state index contributed by atoms with van der Waals surface area (Å²) in [7, 11) is -5.61. The third-order valence-electron chi connectivity index (χ3n) is 4.44. The molecule has 3 rings (SSSR count). The summed E-state index contributed by atoms with van der Waals surface area (Å²) in [5, 5.41) is 0. The van der Waals surface area contributed by atoms with Gasteiger partial charge < -0.3 is 4.74 Å². The molecule has 0 amide bonds. The lowest BCUT2D eigenvalue weighted by Crippen LogP contribution is -2.41. The van der Waals surface area contributed by atoms with Crippen molar-refractivity contribution in [3.8, 4) is 5.75 Å². The van der Waals surface area contributed by atoms with Gasteiger partial charge in [0.15, 0.2) is 9.84 Å². The Kier molecular flexibility index (Phi) is 4.98. The smallest absolute Gasteiger partial charge is 0.264 e. The summed E-state index contributed by atoms with van der Waals surface area (Å²) in [4.78, 5) is 0.142. The van der Waals surface area contributed by atoms with Gasteiger partial charge in [-0.3, -0.25) is 4.31 Å². The van der Waals surface area contributed by atoms with E-state index in [0.717, 1.165) is 5.56 Å². The molecule has 0 aliphatic carbocycles. The van der Waals surface area contributed by atoms with Gasteiger partial charge in [0.1, 0.15) is 5.75 Å². The quantitative estimate of drug-likeness (QED) is 0.776. The van der Waals surface area contributed by atoms with E-state index in [0.29, 0.717) is 11.4 Å². The second-order valence-corrected chi connectivity index (χ2v) is 10.4. The molecule has 1 fully saturated rings. The lowest BCUT2D eigenvalue weighted by atomic mass is 10.2. The highest BCUT2D eigenvalue weighted by Crippen LogP contribution is 2.32. The van der Waals surface area contributed by atoms with Gasteiger partial charge in [0, 0.05) is 0 Å². The highest BCUT2D eigenvalue weighted by atomic mass is 32.2. The molecule has 0 saturated carbocycles. The van der Waals surface area contributed by atoms with Crippen LogP contribution in [0.1, 0.15) is 12.0 Å². The number of ether oxygens (including phenoxy) is 1. The highest BCUT2D eigenvalue weighted by molar-refractivity contribution is 7.93. The first-order valence-corrected chi connectivity index (χ1v) is 11.4. The van der Waals surface area contributed by atoms with Gasteiger partial charge >= 0.3 is 0 Å². The topological polar surface area (TPSA) is 80.8 Å². The first-order valence-electron chi connectivity index (χ1n) is 8.18. The van der Waals surface area contributed by atoms with Gasteiger partial charge in [-0.25, -0.2) is 16.8 Å². The maximum absolute atomic E-state index is 13.3. The van der Waals surface area contributed by atoms with E-state index in [9.17, 15) is 16.8 Å². The molecule has 0 aromatic heterocycles. The van der Waals surface area contributed by atoms with Crippen molar-refractivity contribution in [1.29, 1.82) is 0 Å². The molecule has 6 nitrogen and oxygen atoms in total. The van der Waals surface area contributed by atoms with E-state index in [1.807, 2.05) is 6.92 Å². The third-order valence-corrected chi connectivity index (χ3v) is 8.09. The van der Waals surface area contributed by atoms with Gasteiger partial charge in [-0.05, 0) is 49.7 Å². The lowest BCUT2D eigenvalue weighted by molar-refractivity contribution is 0.415. The number of sulfone groups is 1. The zero-order valence-electron chi connectivity index (χ0n) is 14.6. The van der Waals surface area contributed by atoms with Crippen LogP contribution >= 0.6 is 0 Å². The summed E-state index contributed by atoms with van der Waals surface area (Å²) in [6, 6.07) is 12.5. The molecule has 1 saturated heterocycles. The van der Waals surface area contributed by atoms with Crippen molar-refractivity contribution in [3.63, 3.8) is 0 Å². The Morgan fingerprint density at radius 1 is 1.04 bits per heavy atom. The molecule has 2 aromatic carbocycles. The first-order chi connectivity index (χ1) is 12.2. The fourth-order valence-corrected chi connectivity index (χ4v) is 6.53. The average molecular weight is 396 g/mol. The summed E-state index contributed by atoms with van der Waals surface area (Å²) >= 11 is 0. The van der Waals surface area contributed by atoms with Gasteiger partial charge in [-0.1, -0.05) is 17.7 Å². The molecule has 1 aliphatic heterocycles. The minimum atomic E-state index is -3.90. The molecular formula is C18H21NO5S2. The molecule has 1 atom stereocenters. The van der Waals surface area contributed by atoms with Crippen LogP contribution < -0.4 is 9.04 Å². The number of aryl methyl sites for hydroxylation is 1. The number of benzene rings is 2. The summed E-state index contributed by atoms with van der Waals surface area (Å²) in [5.74, 6) is 0.415. The van der Waals surface area contributed by atoms with E-state index in [4.69, 9.17) is 4.74 Å². The predicted octanol–water partition coefficient (Wildman–Crippen LogP) is 2.39. The van der Waals surface area contributed by atoms with Crippen molar-refractivity contribution in [2.75, 3.05) is 22.9 Å². The molecule has 8 heteroatoms. The largest absolute Gasteiger partial charge is 0.497 e. The fourth-order valence-electron chi connectivity index (χ4n) is 3.06. The Morgan fingerprint density at radius 3 is 2.15 bits per heavy atom. The summed E-state index contributed by atoms with van der Waals surface area (Å²) in [6.45, 7) is 1.88. The number of nitrogens with zero attached hydrogens (tertiary/aromatic N) is 1. The molecule has 0 bridgehead atoms. The summed E-state index contributed by atoms with van der Waals surface area (Å²) in [5.41, 5.74) is 1.37. The number of methoxy groups -OCH3 is 1. The van der Waals surface area contributed by atoms with Crippen molar-refractivity contribution in [2.45, 2.75) is 24.3 Å². The van der Waals surface area contributed by atoms with E-state index in [-0.39, 0.29) is 22.8 Å². The van der Waals surface area contributed by atoms with Crippen molar-refractivity contribution in [3.05, 3.63) is 54.1 Å². The summed E-state index contributed by atoms with van der Waals surface area (Å²) in [6.07, 6.45) is 0.277. The molecule has 0 radical (unpaired) electrons. The molecule has 1 heterocycles. The molecule has 1 aliphatic rings. The van der Waals surface area contributed by atoms with Crippen LogP contribution in [0.5, 0.6) is 5.75 Å². The number of sulfonamides is 1. The summed E-state index contributed by atoms with van der Waals surface area (Å²) < 4.78 is 56.8. The van der Waals surface area contributed by atoms with Crippen LogP contribution in [0.3, 0.4) is 0 Å². The van der Waals surface area contributed by atoms with E-state index in [1.165, 1.54) is 11.4 Å². The number of anilines is 1. The minimum Gasteiger partial charge on any atom is -0.497 e. The zero-order valence-corrected chi connectivity index (χ0v) is 16.3. The molecule has 0 N–H and O–H groups in total. The van der Waals surface area contributed by atoms with Crippen LogP contribution in [-0.4, -0.2) is 41.5 Å². The Morgan fingerprint density at radius 2 is 1.65 bits per heavy atom. The Hall–Kier alpha value is -2.06. The third kappa shape index (κ3) is 3.71. The SMILES string of the molecule is COc1ccc(N([C@H]2CCS(=O)(=O)C2)S(=O)(=O)c2ccc(C)cc2)cc1. The van der Waals surface area contributed by atoms with E-state index < -0.39 is 25.9 Å². The van der Waals surface area contributed by atoms with Crippen LogP contribution in [0.15, 0.2) is 53.4 Å². The maximum atomic E-state index is 13.3. The zero-order chi connectivity index (χ0) is 18.9. The first kappa shape index (κ1) is 18.7. The van der Waals surface area contributed by atoms with Gasteiger partial charge in [0.2, 0.25) is 0 Å². The van der Waals surface area contributed by atoms with Crippen molar-refractivity contribution in [1.82, 2.24) is 0 Å². The average Bonchev–Trinajstić information content (AvgIpc) is 2.95. The standard InChI is InChI=1S/C18H21NO5S2/c1-14-3-9-18(10-4-14)26(22,23)19(16-11-12-25(20,21)13-16)15-5-7-17(24-2)8-6-15/h3-10,16H,11-13H2,1-2H3/t16-/m0/s1. The van der Waals surface area contributed by atoms with Gasteiger partial charge in [-0.15, -0.1) is 0 Å². The van der Waals surface area contributed by atoms with Crippen LogP contribution in [0.4, 0.5) is 5.69 Å². The molecule has 2 aromatic rings. The number of hydrogen-bond donors (Lipinski definition) is 0. The number of rotatable bonds is 5. The predicted molar refractivity (Wildman–Crippen MR) is 101 cm³/mol. The van der Waals surface area contributed by atoms with E-state index >= 15 is 0 Å². The van der Waals surface area contributed by atoms with Crippen molar-refractivity contribution >= 4 is 25.5 Å². The second kappa shape index (κ2) is 6.92. The molecular weight excluding hydrogens is 374 g/mol. The van der Waals surface area contributed by atoms with Gasteiger partial charge in [0.25, 0.3) is 10.0 Å². The van der Waals surface area contributed by atoms with Crippen LogP contribution in [0, 0.1) is 6.92 Å². The monoisotopic (exact) mass is 395 g/mol. The Bertz CT molecular complexity index is 981.